The lowest BCUT2D eigenvalue weighted by Gasteiger charge is -2.11. The van der Waals surface area contributed by atoms with Crippen molar-refractivity contribution in [2.75, 3.05) is 11.9 Å². The van der Waals surface area contributed by atoms with Crippen LogP contribution in [0, 0.1) is 20.8 Å². The average molecular weight is 476 g/mol. The quantitative estimate of drug-likeness (QED) is 0.379. The van der Waals surface area contributed by atoms with Gasteiger partial charge in [-0.15, -0.1) is 0 Å². The molecule has 0 aromatic heterocycles. The van der Waals surface area contributed by atoms with Crippen LogP contribution in [0.4, 0.5) is 11.4 Å². The second-order valence-electron chi connectivity index (χ2n) is 7.16. The van der Waals surface area contributed by atoms with E-state index in [4.69, 9.17) is 39.5 Å². The molecule has 7 heteroatoms. The number of benzene rings is 3. The molecule has 0 saturated heterocycles. The molecule has 0 fully saturated rings. The second-order valence-corrected chi connectivity index (χ2v) is 8.38. The fourth-order valence-electron chi connectivity index (χ4n) is 2.80. The summed E-state index contributed by atoms with van der Waals surface area (Å²) in [6.07, 6.45) is 1.69. The van der Waals surface area contributed by atoms with Crippen molar-refractivity contribution in [2.45, 2.75) is 20.8 Å². The van der Waals surface area contributed by atoms with E-state index >= 15 is 0 Å². The minimum absolute atomic E-state index is 0.240. The van der Waals surface area contributed by atoms with E-state index in [1.165, 1.54) is 0 Å². The van der Waals surface area contributed by atoms with Gasteiger partial charge in [-0.25, -0.2) is 0 Å². The molecule has 31 heavy (non-hydrogen) atoms. The highest BCUT2D eigenvalue weighted by Gasteiger charge is 2.12. The molecule has 3 aromatic rings. The number of hydrogen-bond donors (Lipinski definition) is 1. The first-order valence-corrected chi connectivity index (χ1v) is 10.7. The molecule has 160 valence electrons. The Balaban J connectivity index is 1.67. The molecule has 0 spiro atoms. The van der Waals surface area contributed by atoms with E-state index in [1.807, 2.05) is 45.0 Å². The highest BCUT2D eigenvalue weighted by Crippen LogP contribution is 2.34. The topological polar surface area (TPSA) is 50.7 Å². The van der Waals surface area contributed by atoms with Gasteiger partial charge in [0.25, 0.3) is 5.91 Å². The van der Waals surface area contributed by atoms with Crippen LogP contribution in [0.15, 0.2) is 53.5 Å². The Hall–Kier alpha value is -2.53. The van der Waals surface area contributed by atoms with Crippen LogP contribution in [-0.2, 0) is 4.79 Å². The molecule has 0 heterocycles. The number of amides is 1. The third-order valence-corrected chi connectivity index (χ3v) is 5.51. The number of anilines is 1. The molecule has 0 aliphatic rings. The van der Waals surface area contributed by atoms with Crippen LogP contribution in [0.25, 0.3) is 0 Å². The molecular formula is C24H21Cl3N2O2. The molecule has 1 N–H and O–H groups in total. The highest BCUT2D eigenvalue weighted by molar-refractivity contribution is 6.37. The van der Waals surface area contributed by atoms with Gasteiger partial charge in [0.1, 0.15) is 0 Å². The van der Waals surface area contributed by atoms with Crippen molar-refractivity contribution >= 4 is 58.3 Å². The van der Waals surface area contributed by atoms with Crippen LogP contribution in [0.2, 0.25) is 15.1 Å². The zero-order valence-electron chi connectivity index (χ0n) is 17.3. The van der Waals surface area contributed by atoms with E-state index in [2.05, 4.69) is 10.3 Å². The third kappa shape index (κ3) is 6.23. The van der Waals surface area contributed by atoms with Crippen molar-refractivity contribution in [2.24, 2.45) is 4.99 Å². The van der Waals surface area contributed by atoms with Crippen molar-refractivity contribution in [1.82, 2.24) is 0 Å². The Morgan fingerprint density at radius 2 is 1.61 bits per heavy atom. The van der Waals surface area contributed by atoms with E-state index in [9.17, 15) is 4.79 Å². The molecule has 3 aromatic carbocycles. The van der Waals surface area contributed by atoms with Crippen LogP contribution >= 0.6 is 34.8 Å². The predicted octanol–water partition coefficient (Wildman–Crippen LogP) is 7.34. The molecule has 0 aliphatic carbocycles. The van der Waals surface area contributed by atoms with E-state index < -0.39 is 0 Å². The van der Waals surface area contributed by atoms with Crippen molar-refractivity contribution in [3.63, 3.8) is 0 Å². The molecule has 3 rings (SSSR count). The van der Waals surface area contributed by atoms with E-state index in [0.717, 1.165) is 27.9 Å². The monoisotopic (exact) mass is 474 g/mol. The maximum absolute atomic E-state index is 12.2. The fraction of sp³-hybridized carbons (Fsp3) is 0.167. The van der Waals surface area contributed by atoms with Gasteiger partial charge in [0.05, 0.1) is 15.7 Å². The molecule has 0 bridgehead atoms. The SMILES string of the molecule is Cc1ccc(C)c(N=Cc2cc(Cl)c(OCC(=O)Nc3ccc(C)c(Cl)c3)c(Cl)c2)c1. The molecule has 1 amide bonds. The molecule has 0 unspecified atom stereocenters. The van der Waals surface area contributed by atoms with Gasteiger partial charge in [0.15, 0.2) is 12.4 Å². The first-order chi connectivity index (χ1) is 14.7. The highest BCUT2D eigenvalue weighted by atomic mass is 35.5. The van der Waals surface area contributed by atoms with E-state index in [0.29, 0.717) is 20.8 Å². The number of carbonyl (C=O) groups excluding carboxylic acids is 1. The summed E-state index contributed by atoms with van der Waals surface area (Å²) in [5.74, 6) is -0.114. The number of nitrogens with zero attached hydrogens (tertiary/aromatic N) is 1. The van der Waals surface area contributed by atoms with Gasteiger partial charge >= 0.3 is 0 Å². The van der Waals surface area contributed by atoms with E-state index in [1.54, 1.807) is 30.5 Å². The lowest BCUT2D eigenvalue weighted by atomic mass is 10.1. The molecular weight excluding hydrogens is 455 g/mol. The number of halogens is 3. The minimum atomic E-state index is -0.354. The summed E-state index contributed by atoms with van der Waals surface area (Å²) >= 11 is 18.7. The first-order valence-electron chi connectivity index (χ1n) is 9.52. The summed E-state index contributed by atoms with van der Waals surface area (Å²) in [4.78, 5) is 16.7. The maximum Gasteiger partial charge on any atom is 0.262 e. The molecule has 0 aliphatic heterocycles. The van der Waals surface area contributed by atoms with Crippen molar-refractivity contribution in [1.29, 1.82) is 0 Å². The van der Waals surface area contributed by atoms with Gasteiger partial charge in [0.2, 0.25) is 0 Å². The molecule has 0 radical (unpaired) electrons. The Labute approximate surface area is 196 Å². The number of nitrogens with one attached hydrogen (secondary N) is 1. The predicted molar refractivity (Wildman–Crippen MR) is 130 cm³/mol. The molecule has 0 atom stereocenters. The lowest BCUT2D eigenvalue weighted by molar-refractivity contribution is -0.118. The number of ether oxygens (including phenoxy) is 1. The number of aliphatic imine (C=N–C) groups is 1. The van der Waals surface area contributed by atoms with Gasteiger partial charge in [-0.1, -0.05) is 53.0 Å². The van der Waals surface area contributed by atoms with Gasteiger partial charge in [-0.2, -0.15) is 0 Å². The molecule has 4 nitrogen and oxygen atoms in total. The van der Waals surface area contributed by atoms with Gasteiger partial charge in [-0.05, 0) is 73.4 Å². The van der Waals surface area contributed by atoms with Crippen LogP contribution in [0.5, 0.6) is 5.75 Å². The largest absolute Gasteiger partial charge is 0.481 e. The smallest absolute Gasteiger partial charge is 0.262 e. The lowest BCUT2D eigenvalue weighted by Crippen LogP contribution is -2.20. The summed E-state index contributed by atoms with van der Waals surface area (Å²) in [5.41, 5.74) is 5.31. The standard InChI is InChI=1S/C24H21Cl3N2O2/c1-14-4-5-16(3)22(8-14)28-12-17-9-20(26)24(21(27)10-17)31-13-23(30)29-18-7-6-15(2)19(25)11-18/h4-12H,13H2,1-3H3,(H,29,30). The Morgan fingerprint density at radius 1 is 0.935 bits per heavy atom. The first kappa shape index (κ1) is 23.1. The second kappa shape index (κ2) is 10.2. The molecule has 0 saturated carbocycles. The Morgan fingerprint density at radius 3 is 2.29 bits per heavy atom. The summed E-state index contributed by atoms with van der Waals surface area (Å²) in [5, 5.41) is 3.88. The van der Waals surface area contributed by atoms with Crippen LogP contribution < -0.4 is 10.1 Å². The van der Waals surface area contributed by atoms with Crippen molar-refractivity contribution < 1.29 is 9.53 Å². The summed E-state index contributed by atoms with van der Waals surface area (Å²) < 4.78 is 5.55. The normalized spacial score (nSPS) is 11.0. The number of rotatable bonds is 6. The summed E-state index contributed by atoms with van der Waals surface area (Å²) in [6.45, 7) is 5.65. The van der Waals surface area contributed by atoms with Crippen LogP contribution in [-0.4, -0.2) is 18.7 Å². The Bertz CT molecular complexity index is 1140. The number of aryl methyl sites for hydroxylation is 3. The zero-order chi connectivity index (χ0) is 22.5. The van der Waals surface area contributed by atoms with E-state index in [-0.39, 0.29) is 18.3 Å². The maximum atomic E-state index is 12.2. The van der Waals surface area contributed by atoms with Crippen molar-refractivity contribution in [3.05, 3.63) is 85.9 Å². The third-order valence-electron chi connectivity index (χ3n) is 4.54. The summed E-state index contributed by atoms with van der Waals surface area (Å²) in [7, 11) is 0. The number of hydrogen-bond acceptors (Lipinski definition) is 3. The van der Waals surface area contributed by atoms with Gasteiger partial charge < -0.3 is 10.1 Å². The van der Waals surface area contributed by atoms with Crippen LogP contribution in [0.3, 0.4) is 0 Å². The average Bonchev–Trinajstić information content (AvgIpc) is 2.71. The zero-order valence-corrected chi connectivity index (χ0v) is 19.6. The number of carbonyl (C=O) groups is 1. The van der Waals surface area contributed by atoms with Crippen LogP contribution in [0.1, 0.15) is 22.3 Å². The Kier molecular flexibility index (Phi) is 7.60. The van der Waals surface area contributed by atoms with Gasteiger partial charge in [0, 0.05) is 16.9 Å². The summed E-state index contributed by atoms with van der Waals surface area (Å²) in [6, 6.07) is 14.7. The minimum Gasteiger partial charge on any atom is -0.481 e. The fourth-order valence-corrected chi connectivity index (χ4v) is 3.59. The van der Waals surface area contributed by atoms with Gasteiger partial charge in [-0.3, -0.25) is 9.79 Å². The van der Waals surface area contributed by atoms with Crippen molar-refractivity contribution in [3.8, 4) is 5.75 Å².